The highest BCUT2D eigenvalue weighted by Gasteiger charge is 2.13. The molecule has 0 aliphatic carbocycles. The summed E-state index contributed by atoms with van der Waals surface area (Å²) in [5.41, 5.74) is 8.55. The third kappa shape index (κ3) is 4.81. The Balaban J connectivity index is 0.000000162. The van der Waals surface area contributed by atoms with Gasteiger partial charge in [-0.3, -0.25) is 9.78 Å². The minimum absolute atomic E-state index is 0.00633. The number of H-pyrrole nitrogens is 1. The molecule has 4 rings (SSSR count). The van der Waals surface area contributed by atoms with Crippen molar-refractivity contribution in [2.75, 3.05) is 0 Å². The highest BCUT2D eigenvalue weighted by molar-refractivity contribution is 6.06. The lowest BCUT2D eigenvalue weighted by Crippen LogP contribution is -2.32. The second-order valence-corrected chi connectivity index (χ2v) is 6.19. The van der Waals surface area contributed by atoms with Crippen LogP contribution < -0.4 is 5.73 Å². The average molecular weight is 375 g/mol. The molecule has 2 aromatic heterocycles. The number of nitrogens with one attached hydrogen (secondary N) is 1. The number of aromatic amines is 1. The molecule has 0 aliphatic heterocycles. The van der Waals surface area contributed by atoms with E-state index >= 15 is 0 Å². The maximum Gasteiger partial charge on any atom is 0.323 e. The fourth-order valence-corrected chi connectivity index (χ4v) is 2.74. The summed E-state index contributed by atoms with van der Waals surface area (Å²) < 4.78 is 4.92. The first-order valence-corrected chi connectivity index (χ1v) is 8.89. The third-order valence-electron chi connectivity index (χ3n) is 4.18. The first-order chi connectivity index (χ1) is 13.7. The molecule has 0 radical (unpaired) electrons. The minimum atomic E-state index is -0.855. The Kier molecular flexibility index (Phi) is 6.49. The molecule has 0 spiro atoms. The molecule has 0 amide bonds. The molecule has 6 heteroatoms. The number of aromatic nitrogens is 2. The number of nitrogens with zero attached hydrogens (tertiary/aromatic N) is 1. The van der Waals surface area contributed by atoms with Gasteiger partial charge in [0.05, 0.1) is 11.7 Å². The van der Waals surface area contributed by atoms with E-state index in [0.717, 1.165) is 11.1 Å². The van der Waals surface area contributed by atoms with Crippen LogP contribution in [-0.4, -0.2) is 28.3 Å². The summed E-state index contributed by atoms with van der Waals surface area (Å²) in [6.45, 7) is 0.187. The van der Waals surface area contributed by atoms with E-state index in [-0.39, 0.29) is 13.0 Å². The molecule has 28 heavy (non-hydrogen) atoms. The van der Waals surface area contributed by atoms with Crippen LogP contribution in [0.3, 0.4) is 0 Å². The molecule has 0 aliphatic rings. The number of hydrogen-bond donors (Lipinski definition) is 2. The van der Waals surface area contributed by atoms with Gasteiger partial charge in [0.15, 0.2) is 0 Å². The molecule has 3 N–H and O–H groups in total. The van der Waals surface area contributed by atoms with Crippen LogP contribution in [-0.2, 0) is 20.9 Å². The van der Waals surface area contributed by atoms with Gasteiger partial charge in [0.1, 0.15) is 18.9 Å². The molecule has 4 aromatic rings. The van der Waals surface area contributed by atoms with Crippen LogP contribution in [0.1, 0.15) is 12.0 Å². The van der Waals surface area contributed by atoms with Gasteiger partial charge in [-0.1, -0.05) is 48.5 Å². The SMILES string of the molecule is NC(CC=O)C(=O)OCc1ccccc1.c1ccc2c(c1)[nH]c1cnccc12. The van der Waals surface area contributed by atoms with E-state index in [1.165, 1.54) is 16.3 Å². The van der Waals surface area contributed by atoms with Gasteiger partial charge in [-0.25, -0.2) is 0 Å². The van der Waals surface area contributed by atoms with Crippen LogP contribution in [0.25, 0.3) is 21.8 Å². The van der Waals surface area contributed by atoms with E-state index in [4.69, 9.17) is 10.5 Å². The zero-order chi connectivity index (χ0) is 19.8. The average Bonchev–Trinajstić information content (AvgIpc) is 3.12. The zero-order valence-corrected chi connectivity index (χ0v) is 15.2. The molecule has 1 atom stereocenters. The smallest absolute Gasteiger partial charge is 0.323 e. The van der Waals surface area contributed by atoms with Crippen molar-refractivity contribution >= 4 is 34.1 Å². The fraction of sp³-hybridized carbons (Fsp3) is 0.136. The van der Waals surface area contributed by atoms with E-state index in [9.17, 15) is 9.59 Å². The lowest BCUT2D eigenvalue weighted by atomic mass is 10.2. The summed E-state index contributed by atoms with van der Waals surface area (Å²) in [5, 5.41) is 2.51. The van der Waals surface area contributed by atoms with E-state index in [1.54, 1.807) is 0 Å². The molecule has 0 bridgehead atoms. The van der Waals surface area contributed by atoms with Gasteiger partial charge in [0.25, 0.3) is 0 Å². The number of pyridine rings is 1. The zero-order valence-electron chi connectivity index (χ0n) is 15.2. The number of benzene rings is 2. The number of hydrogen-bond acceptors (Lipinski definition) is 5. The maximum absolute atomic E-state index is 11.2. The highest BCUT2D eigenvalue weighted by atomic mass is 16.5. The Morgan fingerprint density at radius 2 is 1.75 bits per heavy atom. The number of carbonyl (C=O) groups is 2. The molecule has 1 unspecified atom stereocenters. The van der Waals surface area contributed by atoms with Crippen LogP contribution in [0, 0.1) is 0 Å². The second kappa shape index (κ2) is 9.43. The largest absolute Gasteiger partial charge is 0.460 e. The molecule has 0 saturated heterocycles. The van der Waals surface area contributed by atoms with Crippen LogP contribution in [0.2, 0.25) is 0 Å². The summed E-state index contributed by atoms with van der Waals surface area (Å²) >= 11 is 0. The monoisotopic (exact) mass is 375 g/mol. The summed E-state index contributed by atoms with van der Waals surface area (Å²) in [6, 6.07) is 18.7. The second-order valence-electron chi connectivity index (χ2n) is 6.19. The third-order valence-corrected chi connectivity index (χ3v) is 4.18. The Morgan fingerprint density at radius 1 is 1.04 bits per heavy atom. The lowest BCUT2D eigenvalue weighted by Gasteiger charge is -2.08. The number of ether oxygens (including phenoxy) is 1. The Labute approximate surface area is 162 Å². The summed E-state index contributed by atoms with van der Waals surface area (Å²) in [7, 11) is 0. The number of rotatable bonds is 5. The van der Waals surface area contributed by atoms with Gasteiger partial charge in [-0.15, -0.1) is 0 Å². The van der Waals surface area contributed by atoms with E-state index < -0.39 is 12.0 Å². The van der Waals surface area contributed by atoms with E-state index in [0.29, 0.717) is 6.29 Å². The van der Waals surface area contributed by atoms with Crippen molar-refractivity contribution in [3.8, 4) is 0 Å². The maximum atomic E-state index is 11.2. The standard InChI is InChI=1S/C11H8N2.C11H13NO3/c1-2-4-10-8(3-1)9-5-6-12-7-11(9)13-10;12-10(6-7-13)11(14)15-8-9-4-2-1-3-5-9/h1-7,13H;1-5,7,10H,6,8,12H2. The van der Waals surface area contributed by atoms with Crippen molar-refractivity contribution in [3.63, 3.8) is 0 Å². The van der Waals surface area contributed by atoms with Crippen molar-refractivity contribution in [1.82, 2.24) is 9.97 Å². The van der Waals surface area contributed by atoms with Crippen molar-refractivity contribution in [3.05, 3.63) is 78.6 Å². The lowest BCUT2D eigenvalue weighted by molar-refractivity contribution is -0.147. The van der Waals surface area contributed by atoms with Crippen LogP contribution >= 0.6 is 0 Å². The molecule has 0 fully saturated rings. The highest BCUT2D eigenvalue weighted by Crippen LogP contribution is 2.23. The van der Waals surface area contributed by atoms with Crippen molar-refractivity contribution < 1.29 is 14.3 Å². The first kappa shape index (κ1) is 19.3. The molecule has 2 aromatic carbocycles. The van der Waals surface area contributed by atoms with E-state index in [1.807, 2.05) is 54.9 Å². The Bertz CT molecular complexity index is 1010. The molecule has 0 saturated carbocycles. The number of fused-ring (bicyclic) bond motifs is 3. The van der Waals surface area contributed by atoms with Crippen LogP contribution in [0.15, 0.2) is 73.1 Å². The Morgan fingerprint density at radius 3 is 2.54 bits per heavy atom. The molecule has 2 heterocycles. The number of nitrogens with two attached hydrogens (primary N) is 1. The normalized spacial score (nSPS) is 11.5. The molecular formula is C22H21N3O3. The van der Waals surface area contributed by atoms with E-state index in [2.05, 4.69) is 28.2 Å². The van der Waals surface area contributed by atoms with Gasteiger partial charge in [-0.05, 0) is 17.7 Å². The van der Waals surface area contributed by atoms with Crippen molar-refractivity contribution in [2.24, 2.45) is 5.73 Å². The summed E-state index contributed by atoms with van der Waals surface area (Å²) in [6.07, 6.45) is 4.28. The first-order valence-electron chi connectivity index (χ1n) is 8.89. The van der Waals surface area contributed by atoms with Crippen LogP contribution in [0.4, 0.5) is 0 Å². The number of aldehydes is 1. The number of para-hydroxylation sites is 1. The number of carbonyl (C=O) groups excluding carboxylic acids is 2. The molecular weight excluding hydrogens is 354 g/mol. The topological polar surface area (TPSA) is 98.1 Å². The predicted molar refractivity (Wildman–Crippen MR) is 108 cm³/mol. The van der Waals surface area contributed by atoms with Gasteiger partial charge in [0.2, 0.25) is 0 Å². The van der Waals surface area contributed by atoms with Crippen molar-refractivity contribution in [2.45, 2.75) is 19.1 Å². The molecule has 6 nitrogen and oxygen atoms in total. The quantitative estimate of drug-likeness (QED) is 0.412. The summed E-state index contributed by atoms with van der Waals surface area (Å²) in [4.78, 5) is 28.7. The Hall–Kier alpha value is -3.51. The van der Waals surface area contributed by atoms with Crippen molar-refractivity contribution in [1.29, 1.82) is 0 Å². The van der Waals surface area contributed by atoms with Gasteiger partial charge >= 0.3 is 5.97 Å². The molecule has 142 valence electrons. The predicted octanol–water partition coefficient (Wildman–Crippen LogP) is 3.36. The fourth-order valence-electron chi connectivity index (χ4n) is 2.74. The minimum Gasteiger partial charge on any atom is -0.460 e. The van der Waals surface area contributed by atoms with Gasteiger partial charge in [0, 0.05) is 28.9 Å². The van der Waals surface area contributed by atoms with Gasteiger partial charge < -0.3 is 20.2 Å². The van der Waals surface area contributed by atoms with Crippen LogP contribution in [0.5, 0.6) is 0 Å². The van der Waals surface area contributed by atoms with Gasteiger partial charge in [-0.2, -0.15) is 0 Å². The number of esters is 1. The summed E-state index contributed by atoms with van der Waals surface area (Å²) in [5.74, 6) is -0.550.